The molecule has 0 radical (unpaired) electrons. The summed E-state index contributed by atoms with van der Waals surface area (Å²) >= 11 is 0. The Morgan fingerprint density at radius 3 is 2.68 bits per heavy atom. The second kappa shape index (κ2) is 6.55. The van der Waals surface area contributed by atoms with Crippen LogP contribution in [-0.2, 0) is 4.79 Å². The number of carbonyl (C=O) groups excluding carboxylic acids is 1. The summed E-state index contributed by atoms with van der Waals surface area (Å²) in [4.78, 5) is 20.8. The highest BCUT2D eigenvalue weighted by Gasteiger charge is 2.13. The Morgan fingerprint density at radius 1 is 1.47 bits per heavy atom. The molecule has 0 aromatic heterocycles. The maximum atomic E-state index is 10.7. The van der Waals surface area contributed by atoms with Crippen molar-refractivity contribution in [2.24, 2.45) is 11.5 Å². The molecule has 0 fully saturated rings. The molecule has 0 saturated carbocycles. The number of nitro groups is 1. The number of ether oxygens (including phenoxy) is 2. The number of primary amides is 1. The maximum absolute atomic E-state index is 10.7. The van der Waals surface area contributed by atoms with E-state index in [0.29, 0.717) is 5.75 Å². The Labute approximate surface area is 109 Å². The van der Waals surface area contributed by atoms with Crippen molar-refractivity contribution >= 4 is 11.6 Å². The fourth-order valence-electron chi connectivity index (χ4n) is 1.33. The van der Waals surface area contributed by atoms with Gasteiger partial charge in [0.25, 0.3) is 5.69 Å². The molecule has 1 atom stereocenters. The first kappa shape index (κ1) is 14.7. The number of hydrogen-bond acceptors (Lipinski definition) is 6. The zero-order valence-electron chi connectivity index (χ0n) is 10.4. The van der Waals surface area contributed by atoms with Crippen LogP contribution in [0.15, 0.2) is 18.2 Å². The lowest BCUT2D eigenvalue weighted by atomic mass is 10.2. The molecule has 1 rings (SSSR count). The first-order chi connectivity index (χ1) is 8.95. The van der Waals surface area contributed by atoms with Gasteiger partial charge in [-0.25, -0.2) is 0 Å². The summed E-state index contributed by atoms with van der Waals surface area (Å²) in [5.41, 5.74) is 10.3. The summed E-state index contributed by atoms with van der Waals surface area (Å²) in [6.45, 7) is 0.151. The Hall–Kier alpha value is -2.35. The van der Waals surface area contributed by atoms with E-state index in [1.54, 1.807) is 0 Å². The van der Waals surface area contributed by atoms with E-state index >= 15 is 0 Å². The Bertz CT molecular complexity index is 477. The van der Waals surface area contributed by atoms with Crippen LogP contribution in [0, 0.1) is 10.1 Å². The number of methoxy groups -OCH3 is 1. The maximum Gasteiger partial charge on any atom is 0.273 e. The molecule has 0 heterocycles. The molecule has 0 saturated heterocycles. The van der Waals surface area contributed by atoms with Crippen molar-refractivity contribution in [3.05, 3.63) is 28.3 Å². The second-order valence-electron chi connectivity index (χ2n) is 3.74. The Balaban J connectivity index is 2.68. The van der Waals surface area contributed by atoms with Crippen LogP contribution in [0.2, 0.25) is 0 Å². The summed E-state index contributed by atoms with van der Waals surface area (Å²) in [6.07, 6.45) is 0.246. The van der Waals surface area contributed by atoms with Gasteiger partial charge in [0.2, 0.25) is 5.91 Å². The van der Waals surface area contributed by atoms with Gasteiger partial charge in [-0.2, -0.15) is 0 Å². The molecule has 1 aromatic rings. The van der Waals surface area contributed by atoms with Crippen molar-refractivity contribution in [3.63, 3.8) is 0 Å². The predicted molar refractivity (Wildman–Crippen MR) is 66.9 cm³/mol. The van der Waals surface area contributed by atoms with Gasteiger partial charge in [0.15, 0.2) is 11.5 Å². The first-order valence-electron chi connectivity index (χ1n) is 5.46. The molecule has 0 aliphatic carbocycles. The van der Waals surface area contributed by atoms with Gasteiger partial charge in [0, 0.05) is 12.5 Å². The van der Waals surface area contributed by atoms with Crippen molar-refractivity contribution in [1.29, 1.82) is 0 Å². The number of carbonyl (C=O) groups is 1. The van der Waals surface area contributed by atoms with Crippen LogP contribution < -0.4 is 20.9 Å². The van der Waals surface area contributed by atoms with Crippen LogP contribution in [-0.4, -0.2) is 30.6 Å². The minimum absolute atomic E-state index is 0.0990. The van der Waals surface area contributed by atoms with Gasteiger partial charge in [0.1, 0.15) is 0 Å². The lowest BCUT2D eigenvalue weighted by Gasteiger charge is -2.12. The molecule has 1 amide bonds. The van der Waals surface area contributed by atoms with Gasteiger partial charge in [-0.1, -0.05) is 0 Å². The molecule has 8 nitrogen and oxygen atoms in total. The zero-order valence-corrected chi connectivity index (χ0v) is 10.4. The van der Waals surface area contributed by atoms with Crippen molar-refractivity contribution in [1.82, 2.24) is 0 Å². The monoisotopic (exact) mass is 269 g/mol. The van der Waals surface area contributed by atoms with E-state index in [1.807, 2.05) is 0 Å². The van der Waals surface area contributed by atoms with Crippen molar-refractivity contribution in [3.8, 4) is 11.5 Å². The standard InChI is InChI=1S/C11H15N3O5/c1-18-10-6-7(14(16)17)2-3-9(10)19-5-4-8(12)11(13)15/h2-3,6,8H,4-5,12H2,1H3,(H2,13,15). The molecule has 4 N–H and O–H groups in total. The highest BCUT2D eigenvalue weighted by atomic mass is 16.6. The highest BCUT2D eigenvalue weighted by Crippen LogP contribution is 2.31. The predicted octanol–water partition coefficient (Wildman–Crippen LogP) is 0.185. The summed E-state index contributed by atoms with van der Waals surface area (Å²) < 4.78 is 10.3. The molecule has 0 aliphatic heterocycles. The van der Waals surface area contributed by atoms with Gasteiger partial charge < -0.3 is 20.9 Å². The average molecular weight is 269 g/mol. The van der Waals surface area contributed by atoms with E-state index in [0.717, 1.165) is 0 Å². The molecule has 1 unspecified atom stereocenters. The van der Waals surface area contributed by atoms with Gasteiger partial charge in [-0.3, -0.25) is 14.9 Å². The molecule has 1 aromatic carbocycles. The summed E-state index contributed by atoms with van der Waals surface area (Å²) in [5, 5.41) is 10.6. The third-order valence-electron chi connectivity index (χ3n) is 2.41. The third kappa shape index (κ3) is 4.11. The van der Waals surface area contributed by atoms with Gasteiger partial charge >= 0.3 is 0 Å². The lowest BCUT2D eigenvalue weighted by Crippen LogP contribution is -2.37. The number of hydrogen-bond donors (Lipinski definition) is 2. The van der Waals surface area contributed by atoms with Crippen LogP contribution in [0.5, 0.6) is 11.5 Å². The van der Waals surface area contributed by atoms with Crippen LogP contribution in [0.3, 0.4) is 0 Å². The molecule has 19 heavy (non-hydrogen) atoms. The Kier molecular flexibility index (Phi) is 5.07. The average Bonchev–Trinajstić information content (AvgIpc) is 2.38. The fraction of sp³-hybridized carbons (Fsp3) is 0.364. The molecule has 0 spiro atoms. The largest absolute Gasteiger partial charge is 0.493 e. The topological polar surface area (TPSA) is 131 Å². The number of amides is 1. The van der Waals surface area contributed by atoms with E-state index in [4.69, 9.17) is 20.9 Å². The summed E-state index contributed by atoms with van der Waals surface area (Å²) in [7, 11) is 1.38. The van der Waals surface area contributed by atoms with Crippen molar-refractivity contribution < 1.29 is 19.2 Å². The number of nitrogens with zero attached hydrogens (tertiary/aromatic N) is 1. The summed E-state index contributed by atoms with van der Waals surface area (Å²) in [6, 6.07) is 3.19. The third-order valence-corrected chi connectivity index (χ3v) is 2.41. The summed E-state index contributed by atoms with van der Waals surface area (Å²) in [5.74, 6) is -0.0362. The molecular weight excluding hydrogens is 254 g/mol. The number of benzene rings is 1. The van der Waals surface area contributed by atoms with Crippen LogP contribution >= 0.6 is 0 Å². The number of nitrogens with two attached hydrogens (primary N) is 2. The quantitative estimate of drug-likeness (QED) is 0.536. The number of non-ortho nitro benzene ring substituents is 1. The number of nitro benzene ring substituents is 1. The molecular formula is C11H15N3O5. The van der Waals surface area contributed by atoms with E-state index in [1.165, 1.54) is 25.3 Å². The van der Waals surface area contributed by atoms with Gasteiger partial charge in [0.05, 0.1) is 30.7 Å². The molecule has 104 valence electrons. The van der Waals surface area contributed by atoms with E-state index < -0.39 is 16.9 Å². The molecule has 0 bridgehead atoms. The highest BCUT2D eigenvalue weighted by molar-refractivity contribution is 5.79. The van der Waals surface area contributed by atoms with Gasteiger partial charge in [-0.05, 0) is 6.07 Å². The smallest absolute Gasteiger partial charge is 0.273 e. The van der Waals surface area contributed by atoms with E-state index in [2.05, 4.69) is 0 Å². The first-order valence-corrected chi connectivity index (χ1v) is 5.46. The normalized spacial score (nSPS) is 11.7. The zero-order chi connectivity index (χ0) is 14.4. The minimum atomic E-state index is -0.788. The van der Waals surface area contributed by atoms with Gasteiger partial charge in [-0.15, -0.1) is 0 Å². The fourth-order valence-corrected chi connectivity index (χ4v) is 1.33. The SMILES string of the molecule is COc1cc([N+](=O)[O-])ccc1OCCC(N)C(N)=O. The van der Waals surface area contributed by atoms with Crippen LogP contribution in [0.25, 0.3) is 0 Å². The number of rotatable bonds is 7. The van der Waals surface area contributed by atoms with E-state index in [9.17, 15) is 14.9 Å². The molecule has 8 heteroatoms. The van der Waals surface area contributed by atoms with Crippen molar-refractivity contribution in [2.75, 3.05) is 13.7 Å². The molecule has 0 aliphatic rings. The minimum Gasteiger partial charge on any atom is -0.493 e. The van der Waals surface area contributed by atoms with Crippen LogP contribution in [0.4, 0.5) is 5.69 Å². The van der Waals surface area contributed by atoms with Crippen molar-refractivity contribution in [2.45, 2.75) is 12.5 Å². The second-order valence-corrected chi connectivity index (χ2v) is 3.74. The Morgan fingerprint density at radius 2 is 2.16 bits per heavy atom. The van der Waals surface area contributed by atoms with Crippen LogP contribution in [0.1, 0.15) is 6.42 Å². The van der Waals surface area contributed by atoms with E-state index in [-0.39, 0.29) is 24.5 Å². The lowest BCUT2D eigenvalue weighted by molar-refractivity contribution is -0.385.